The Kier molecular flexibility index (Phi) is 10.5. The minimum atomic E-state index is -0.0969. The number of benzene rings is 1. The van der Waals surface area contributed by atoms with Gasteiger partial charge in [-0.15, -0.1) is 0 Å². The first-order valence-corrected chi connectivity index (χ1v) is 11.7. The number of unbranched alkanes of at least 4 members (excludes halogenated alkanes) is 1. The first-order valence-electron chi connectivity index (χ1n) is 11.7. The van der Waals surface area contributed by atoms with E-state index in [0.29, 0.717) is 25.3 Å². The van der Waals surface area contributed by atoms with Gasteiger partial charge in [0.15, 0.2) is 0 Å². The fourth-order valence-electron chi connectivity index (χ4n) is 3.60. The van der Waals surface area contributed by atoms with Crippen LogP contribution >= 0.6 is 0 Å². The summed E-state index contributed by atoms with van der Waals surface area (Å²) in [4.78, 5) is 30.1. The Morgan fingerprint density at radius 1 is 1.12 bits per heavy atom. The summed E-state index contributed by atoms with van der Waals surface area (Å²) in [6.07, 6.45) is 6.05. The van der Waals surface area contributed by atoms with Crippen molar-refractivity contribution in [2.45, 2.75) is 59.0 Å². The summed E-state index contributed by atoms with van der Waals surface area (Å²) in [6, 6.07) is 11.8. The second kappa shape index (κ2) is 13.1. The number of ether oxygens (including phenoxy) is 1. The Labute approximate surface area is 193 Å². The quantitative estimate of drug-likeness (QED) is 0.466. The van der Waals surface area contributed by atoms with Gasteiger partial charge >= 0.3 is 0 Å². The normalized spacial score (nSPS) is 11.9. The predicted molar refractivity (Wildman–Crippen MR) is 129 cm³/mol. The molecule has 0 aliphatic rings. The molecule has 2 rings (SSSR count). The fourth-order valence-corrected chi connectivity index (χ4v) is 3.60. The summed E-state index contributed by atoms with van der Waals surface area (Å²) < 4.78 is 7.22. The van der Waals surface area contributed by atoms with Gasteiger partial charge in [0.05, 0.1) is 13.2 Å². The molecule has 0 fully saturated rings. The number of nitrogens with zero attached hydrogens (tertiary/aromatic N) is 3. The summed E-state index contributed by atoms with van der Waals surface area (Å²) in [7, 11) is 3.60. The lowest BCUT2D eigenvalue weighted by Gasteiger charge is -2.31. The second-order valence-corrected chi connectivity index (χ2v) is 8.41. The number of hydrogen-bond donors (Lipinski definition) is 0. The number of carbonyl (C=O) groups is 2. The van der Waals surface area contributed by atoms with E-state index < -0.39 is 0 Å². The van der Waals surface area contributed by atoms with Crippen LogP contribution in [0.15, 0.2) is 42.6 Å². The zero-order valence-electron chi connectivity index (χ0n) is 20.3. The lowest BCUT2D eigenvalue weighted by atomic mass is 10.0. The molecular formula is C26H39N3O3. The van der Waals surface area contributed by atoms with Gasteiger partial charge < -0.3 is 19.1 Å². The first kappa shape index (κ1) is 25.7. The maximum Gasteiger partial charge on any atom is 0.254 e. The molecule has 6 nitrogen and oxygen atoms in total. The van der Waals surface area contributed by atoms with E-state index in [2.05, 4.69) is 6.92 Å². The molecule has 0 bridgehead atoms. The SMILES string of the molecule is CCCCc1ccc(C(=O)N(CC(=O)N(CCOC)Cc2cccn2C)C(C)CC)cc1. The van der Waals surface area contributed by atoms with Gasteiger partial charge in [-0.3, -0.25) is 9.59 Å². The Balaban J connectivity index is 2.16. The molecule has 1 heterocycles. The number of aryl methyl sites for hydroxylation is 2. The summed E-state index contributed by atoms with van der Waals surface area (Å²) in [5.41, 5.74) is 2.91. The van der Waals surface area contributed by atoms with E-state index in [9.17, 15) is 9.59 Å². The number of methoxy groups -OCH3 is 1. The van der Waals surface area contributed by atoms with Gasteiger partial charge in [0.1, 0.15) is 6.54 Å². The zero-order valence-corrected chi connectivity index (χ0v) is 20.3. The standard InChI is InChI=1S/C26H39N3O3/c1-6-8-10-22-12-14-23(15-13-22)26(31)29(21(3)7-2)20-25(30)28(17-18-32-5)19-24-11-9-16-27(24)4/h9,11-16,21H,6-8,10,17-20H2,1-5H3. The molecule has 32 heavy (non-hydrogen) atoms. The second-order valence-electron chi connectivity index (χ2n) is 8.41. The molecule has 2 amide bonds. The van der Waals surface area contributed by atoms with Crippen molar-refractivity contribution in [2.24, 2.45) is 7.05 Å². The van der Waals surface area contributed by atoms with Crippen LogP contribution in [0.2, 0.25) is 0 Å². The molecule has 1 unspecified atom stereocenters. The largest absolute Gasteiger partial charge is 0.383 e. The highest BCUT2D eigenvalue weighted by molar-refractivity contribution is 5.96. The minimum Gasteiger partial charge on any atom is -0.383 e. The molecule has 0 spiro atoms. The van der Waals surface area contributed by atoms with Crippen molar-refractivity contribution < 1.29 is 14.3 Å². The third-order valence-electron chi connectivity index (χ3n) is 6.03. The topological polar surface area (TPSA) is 54.8 Å². The summed E-state index contributed by atoms with van der Waals surface area (Å²) in [5, 5.41) is 0. The van der Waals surface area contributed by atoms with Crippen molar-refractivity contribution in [3.05, 3.63) is 59.4 Å². The van der Waals surface area contributed by atoms with Crippen molar-refractivity contribution in [2.75, 3.05) is 26.8 Å². The predicted octanol–water partition coefficient (Wildman–Crippen LogP) is 4.28. The van der Waals surface area contributed by atoms with Crippen LogP contribution in [0.5, 0.6) is 0 Å². The van der Waals surface area contributed by atoms with Crippen molar-refractivity contribution in [3.63, 3.8) is 0 Å². The fraction of sp³-hybridized carbons (Fsp3) is 0.538. The molecule has 0 aliphatic carbocycles. The highest BCUT2D eigenvalue weighted by Gasteiger charge is 2.26. The third-order valence-corrected chi connectivity index (χ3v) is 6.03. The number of carbonyl (C=O) groups excluding carboxylic acids is 2. The molecule has 0 aliphatic heterocycles. The number of rotatable bonds is 13. The summed E-state index contributed by atoms with van der Waals surface area (Å²) in [6.45, 7) is 7.68. The van der Waals surface area contributed by atoms with Gasteiger partial charge in [0.25, 0.3) is 5.91 Å². The van der Waals surface area contributed by atoms with Crippen LogP contribution in [0.1, 0.15) is 61.6 Å². The molecule has 1 aromatic heterocycles. The smallest absolute Gasteiger partial charge is 0.254 e. The van der Waals surface area contributed by atoms with E-state index in [1.807, 2.05) is 68.1 Å². The number of amides is 2. The van der Waals surface area contributed by atoms with Crippen molar-refractivity contribution >= 4 is 11.8 Å². The maximum atomic E-state index is 13.3. The van der Waals surface area contributed by atoms with Gasteiger partial charge in [0, 0.05) is 44.2 Å². The van der Waals surface area contributed by atoms with Crippen LogP contribution in [0, 0.1) is 0 Å². The van der Waals surface area contributed by atoms with Crippen LogP contribution < -0.4 is 0 Å². The average molecular weight is 442 g/mol. The van der Waals surface area contributed by atoms with Gasteiger partial charge in [-0.2, -0.15) is 0 Å². The third kappa shape index (κ3) is 7.23. The van der Waals surface area contributed by atoms with Crippen molar-refractivity contribution in [3.8, 4) is 0 Å². The molecule has 0 N–H and O–H groups in total. The molecule has 0 saturated heterocycles. The Hall–Kier alpha value is -2.60. The molecule has 0 saturated carbocycles. The molecule has 1 aromatic carbocycles. The lowest BCUT2D eigenvalue weighted by molar-refractivity contribution is -0.133. The first-order chi connectivity index (χ1) is 15.4. The van der Waals surface area contributed by atoms with E-state index in [0.717, 1.165) is 31.4 Å². The van der Waals surface area contributed by atoms with Gasteiger partial charge in [-0.05, 0) is 56.0 Å². The molecule has 0 radical (unpaired) electrons. The number of hydrogen-bond acceptors (Lipinski definition) is 3. The van der Waals surface area contributed by atoms with Gasteiger partial charge in [-0.25, -0.2) is 0 Å². The van der Waals surface area contributed by atoms with E-state index in [-0.39, 0.29) is 24.4 Å². The van der Waals surface area contributed by atoms with Crippen molar-refractivity contribution in [1.29, 1.82) is 0 Å². The Morgan fingerprint density at radius 3 is 2.41 bits per heavy atom. The summed E-state index contributed by atoms with van der Waals surface area (Å²) in [5.74, 6) is -0.170. The van der Waals surface area contributed by atoms with E-state index in [4.69, 9.17) is 4.74 Å². The van der Waals surface area contributed by atoms with Crippen LogP contribution in [-0.2, 0) is 29.5 Å². The van der Waals surface area contributed by atoms with Crippen LogP contribution in [0.3, 0.4) is 0 Å². The lowest BCUT2D eigenvalue weighted by Crippen LogP contribution is -2.47. The molecular weight excluding hydrogens is 402 g/mol. The number of aromatic nitrogens is 1. The molecule has 6 heteroatoms. The van der Waals surface area contributed by atoms with Gasteiger partial charge in [0.2, 0.25) is 5.91 Å². The highest BCUT2D eigenvalue weighted by Crippen LogP contribution is 2.15. The van der Waals surface area contributed by atoms with Crippen LogP contribution in [-0.4, -0.2) is 59.0 Å². The average Bonchev–Trinajstić information content (AvgIpc) is 3.22. The van der Waals surface area contributed by atoms with E-state index in [1.165, 1.54) is 5.56 Å². The maximum absolute atomic E-state index is 13.3. The Bertz CT molecular complexity index is 844. The molecule has 2 aromatic rings. The molecule has 1 atom stereocenters. The summed E-state index contributed by atoms with van der Waals surface area (Å²) >= 11 is 0. The van der Waals surface area contributed by atoms with Crippen molar-refractivity contribution in [1.82, 2.24) is 14.4 Å². The highest BCUT2D eigenvalue weighted by atomic mass is 16.5. The molecule has 176 valence electrons. The minimum absolute atomic E-state index is 0.0365. The van der Waals surface area contributed by atoms with Crippen LogP contribution in [0.4, 0.5) is 0 Å². The van der Waals surface area contributed by atoms with Crippen LogP contribution in [0.25, 0.3) is 0 Å². The monoisotopic (exact) mass is 441 g/mol. The zero-order chi connectivity index (χ0) is 23.5. The van der Waals surface area contributed by atoms with E-state index >= 15 is 0 Å². The van der Waals surface area contributed by atoms with E-state index in [1.54, 1.807) is 16.9 Å². The van der Waals surface area contributed by atoms with Gasteiger partial charge in [-0.1, -0.05) is 32.4 Å². The Morgan fingerprint density at radius 2 is 1.84 bits per heavy atom.